The summed E-state index contributed by atoms with van der Waals surface area (Å²) < 4.78 is 4.87. The van der Waals surface area contributed by atoms with E-state index < -0.39 is 5.79 Å². The Morgan fingerprint density at radius 2 is 2.20 bits per heavy atom. The van der Waals surface area contributed by atoms with Crippen molar-refractivity contribution in [2.45, 2.75) is 19.1 Å². The lowest BCUT2D eigenvalue weighted by Crippen LogP contribution is -2.23. The first-order valence-electron chi connectivity index (χ1n) is 3.21. The first kappa shape index (κ1) is 9.40. The lowest BCUT2D eigenvalue weighted by molar-refractivity contribution is -0.191. The molecule has 0 aliphatic carbocycles. The molecule has 2 heteroatoms. The first-order valence-corrected chi connectivity index (χ1v) is 3.21. The second-order valence-corrected chi connectivity index (χ2v) is 2.15. The summed E-state index contributed by atoms with van der Waals surface area (Å²) in [5.74, 6) is -1.44. The molecule has 0 spiro atoms. The lowest BCUT2D eigenvalue weighted by Gasteiger charge is -2.15. The highest BCUT2D eigenvalue weighted by molar-refractivity contribution is 4.83. The van der Waals surface area contributed by atoms with E-state index in [4.69, 9.17) is 4.74 Å². The summed E-state index contributed by atoms with van der Waals surface area (Å²) in [4.78, 5) is 0. The van der Waals surface area contributed by atoms with E-state index in [1.165, 1.54) is 13.0 Å². The molecule has 0 fully saturated rings. The zero-order chi connectivity index (χ0) is 8.04. The molecular formula is C8H13O2. The fourth-order valence-electron chi connectivity index (χ4n) is 0.404. The molecule has 57 valence electrons. The van der Waals surface area contributed by atoms with Gasteiger partial charge in [-0.1, -0.05) is 12.7 Å². The Bertz CT molecular complexity index is 116. The van der Waals surface area contributed by atoms with Crippen molar-refractivity contribution < 1.29 is 9.84 Å². The van der Waals surface area contributed by atoms with Crippen LogP contribution >= 0.6 is 0 Å². The van der Waals surface area contributed by atoms with Gasteiger partial charge in [0.05, 0.1) is 6.61 Å². The molecule has 10 heavy (non-hydrogen) atoms. The Labute approximate surface area is 61.8 Å². The van der Waals surface area contributed by atoms with Crippen LogP contribution in [-0.2, 0) is 9.84 Å². The van der Waals surface area contributed by atoms with Gasteiger partial charge in [-0.3, -0.25) is 0 Å². The molecule has 0 aromatic rings. The molecule has 0 rings (SSSR count). The summed E-state index contributed by atoms with van der Waals surface area (Å²) in [6, 6.07) is 0. The number of rotatable bonds is 5. The van der Waals surface area contributed by atoms with Crippen molar-refractivity contribution in [1.29, 1.82) is 0 Å². The molecule has 0 N–H and O–H groups in total. The maximum atomic E-state index is 11.0. The van der Waals surface area contributed by atoms with E-state index in [9.17, 15) is 5.11 Å². The van der Waals surface area contributed by atoms with Gasteiger partial charge in [0.25, 0.3) is 0 Å². The molecule has 0 aromatic heterocycles. The maximum absolute atomic E-state index is 11.0. The highest BCUT2D eigenvalue weighted by Crippen LogP contribution is 2.07. The zero-order valence-electron chi connectivity index (χ0n) is 6.30. The second kappa shape index (κ2) is 4.25. The molecule has 0 amide bonds. The van der Waals surface area contributed by atoms with Gasteiger partial charge in [-0.2, -0.15) is 5.11 Å². The van der Waals surface area contributed by atoms with Crippen LogP contribution in [0.25, 0.3) is 0 Å². The van der Waals surface area contributed by atoms with Crippen molar-refractivity contribution in [3.63, 3.8) is 0 Å². The van der Waals surface area contributed by atoms with Gasteiger partial charge in [0, 0.05) is 0 Å². The van der Waals surface area contributed by atoms with E-state index in [0.717, 1.165) is 0 Å². The van der Waals surface area contributed by atoms with Crippen molar-refractivity contribution in [3.05, 3.63) is 25.3 Å². The molecule has 1 radical (unpaired) electrons. The van der Waals surface area contributed by atoms with Crippen molar-refractivity contribution in [2.75, 3.05) is 6.61 Å². The van der Waals surface area contributed by atoms with E-state index >= 15 is 0 Å². The van der Waals surface area contributed by atoms with Crippen LogP contribution in [-0.4, -0.2) is 12.4 Å². The Balaban J connectivity index is 3.46. The molecule has 2 nitrogen and oxygen atoms in total. The normalized spacial score (nSPS) is 15.8. The lowest BCUT2D eigenvalue weighted by atomic mass is 10.3. The molecule has 1 atom stereocenters. The number of hydrogen-bond donors (Lipinski definition) is 0. The van der Waals surface area contributed by atoms with Gasteiger partial charge in [-0.05, 0) is 19.4 Å². The highest BCUT2D eigenvalue weighted by Gasteiger charge is 2.16. The van der Waals surface area contributed by atoms with Crippen molar-refractivity contribution in [1.82, 2.24) is 0 Å². The third-order valence-corrected chi connectivity index (χ3v) is 1.08. The minimum absolute atomic E-state index is 0.412. The fourth-order valence-corrected chi connectivity index (χ4v) is 0.404. The fraction of sp³-hybridized carbons (Fsp3) is 0.500. The maximum Gasteiger partial charge on any atom is 0.217 e. The van der Waals surface area contributed by atoms with Crippen molar-refractivity contribution in [2.24, 2.45) is 0 Å². The van der Waals surface area contributed by atoms with E-state index in [-0.39, 0.29) is 0 Å². The summed E-state index contributed by atoms with van der Waals surface area (Å²) in [5, 5.41) is 11.0. The van der Waals surface area contributed by atoms with Crippen molar-refractivity contribution >= 4 is 0 Å². The third-order valence-electron chi connectivity index (χ3n) is 1.08. The van der Waals surface area contributed by atoms with Crippen LogP contribution in [0.4, 0.5) is 0 Å². The third kappa shape index (κ3) is 4.30. The summed E-state index contributed by atoms with van der Waals surface area (Å²) >= 11 is 0. The number of hydrogen-bond acceptors (Lipinski definition) is 1. The van der Waals surface area contributed by atoms with Crippen LogP contribution in [0.5, 0.6) is 0 Å². The van der Waals surface area contributed by atoms with Crippen LogP contribution in [0.3, 0.4) is 0 Å². The Morgan fingerprint density at radius 1 is 1.60 bits per heavy atom. The van der Waals surface area contributed by atoms with E-state index in [1.807, 2.05) is 0 Å². The Kier molecular flexibility index (Phi) is 4.00. The molecule has 0 aromatic carbocycles. The summed E-state index contributed by atoms with van der Waals surface area (Å²) in [6.07, 6.45) is 3.65. The number of ether oxygens (including phenoxy) is 1. The van der Waals surface area contributed by atoms with Crippen LogP contribution < -0.4 is 0 Å². The van der Waals surface area contributed by atoms with Crippen LogP contribution in [0.2, 0.25) is 0 Å². The summed E-state index contributed by atoms with van der Waals surface area (Å²) in [6.45, 7) is 8.69. The smallest absolute Gasteiger partial charge is 0.217 e. The van der Waals surface area contributed by atoms with Crippen LogP contribution in [0.15, 0.2) is 25.3 Å². The molecular weight excluding hydrogens is 128 g/mol. The highest BCUT2D eigenvalue weighted by atomic mass is 16.6. The van der Waals surface area contributed by atoms with Gasteiger partial charge < -0.3 is 4.74 Å². The van der Waals surface area contributed by atoms with Gasteiger partial charge >= 0.3 is 0 Å². The average molecular weight is 141 g/mol. The average Bonchev–Trinajstić information content (AvgIpc) is 1.89. The molecule has 0 aliphatic rings. The second-order valence-electron chi connectivity index (χ2n) is 2.15. The van der Waals surface area contributed by atoms with Gasteiger partial charge in [-0.15, -0.1) is 6.58 Å². The molecule has 0 saturated carbocycles. The molecule has 1 unspecified atom stereocenters. The molecule has 0 aliphatic heterocycles. The van der Waals surface area contributed by atoms with Gasteiger partial charge in [-0.25, -0.2) is 0 Å². The predicted octanol–water partition coefficient (Wildman–Crippen LogP) is 1.91. The summed E-state index contributed by atoms with van der Waals surface area (Å²) in [7, 11) is 0. The van der Waals surface area contributed by atoms with Gasteiger partial charge in [0.1, 0.15) is 0 Å². The first-order chi connectivity index (χ1) is 4.62. The summed E-state index contributed by atoms with van der Waals surface area (Å²) in [5.41, 5.74) is 0. The standard InChI is InChI=1S/C8H13O2/c1-4-6-7-10-8(3,9)5-2/h4-5H,1-2,6-7H2,3H3. The Morgan fingerprint density at radius 3 is 2.60 bits per heavy atom. The quantitative estimate of drug-likeness (QED) is 0.326. The molecule has 0 saturated heterocycles. The van der Waals surface area contributed by atoms with E-state index in [0.29, 0.717) is 13.0 Å². The Hall–Kier alpha value is -0.600. The molecule has 0 bridgehead atoms. The monoisotopic (exact) mass is 141 g/mol. The van der Waals surface area contributed by atoms with Crippen LogP contribution in [0.1, 0.15) is 13.3 Å². The van der Waals surface area contributed by atoms with E-state index in [1.54, 1.807) is 6.08 Å². The topological polar surface area (TPSA) is 29.1 Å². The minimum atomic E-state index is -1.44. The van der Waals surface area contributed by atoms with Gasteiger partial charge in [0.15, 0.2) is 0 Å². The van der Waals surface area contributed by atoms with Crippen LogP contribution in [0, 0.1) is 0 Å². The SMILES string of the molecule is C=CCCOC(C)([O])C=C. The molecule has 0 heterocycles. The largest absolute Gasteiger partial charge is 0.344 e. The minimum Gasteiger partial charge on any atom is -0.344 e. The van der Waals surface area contributed by atoms with Crippen molar-refractivity contribution in [3.8, 4) is 0 Å². The van der Waals surface area contributed by atoms with E-state index in [2.05, 4.69) is 13.2 Å². The van der Waals surface area contributed by atoms with Gasteiger partial charge in [0.2, 0.25) is 5.79 Å². The zero-order valence-corrected chi connectivity index (χ0v) is 6.30. The predicted molar refractivity (Wildman–Crippen MR) is 40.1 cm³/mol.